The summed E-state index contributed by atoms with van der Waals surface area (Å²) in [5.74, 6) is 0.279. The molecule has 2 heterocycles. The Bertz CT molecular complexity index is 572. The fraction of sp³-hybridized carbons (Fsp3) is 0.650. The van der Waals surface area contributed by atoms with Crippen molar-refractivity contribution in [2.75, 3.05) is 46.3 Å². The highest BCUT2D eigenvalue weighted by Gasteiger charge is 2.27. The third-order valence-corrected chi connectivity index (χ3v) is 5.99. The average Bonchev–Trinajstić information content (AvgIpc) is 2.88. The summed E-state index contributed by atoms with van der Waals surface area (Å²) < 4.78 is 0. The first-order valence-corrected chi connectivity index (χ1v) is 9.95. The van der Waals surface area contributed by atoms with Gasteiger partial charge in [0.25, 0.3) is 0 Å². The standard InChI is InChI=1S/C20H30ClN3O/c1-22-12-14-23(15-13-22)18-7-4-5-11-24(16-18)20(25)10-9-17-6-2-3-8-19(17)21/h2-3,6,8,18H,4-5,7,9-16H2,1H3. The van der Waals surface area contributed by atoms with Crippen molar-refractivity contribution in [3.63, 3.8) is 0 Å². The van der Waals surface area contributed by atoms with Crippen molar-refractivity contribution in [1.29, 1.82) is 0 Å². The molecule has 0 saturated carbocycles. The lowest BCUT2D eigenvalue weighted by Crippen LogP contribution is -2.52. The largest absolute Gasteiger partial charge is 0.341 e. The second-order valence-corrected chi connectivity index (χ2v) is 7.83. The predicted octanol–water partition coefficient (Wildman–Crippen LogP) is 2.90. The Kier molecular flexibility index (Phi) is 6.74. The molecule has 2 aliphatic rings. The van der Waals surface area contributed by atoms with E-state index in [0.717, 1.165) is 62.7 Å². The first-order chi connectivity index (χ1) is 12.1. The number of amides is 1. The Morgan fingerprint density at radius 3 is 2.64 bits per heavy atom. The van der Waals surface area contributed by atoms with Gasteiger partial charge in [0.15, 0.2) is 0 Å². The third kappa shape index (κ3) is 5.19. The zero-order chi connectivity index (χ0) is 17.6. The molecule has 138 valence electrons. The van der Waals surface area contributed by atoms with Gasteiger partial charge in [0.2, 0.25) is 5.91 Å². The Morgan fingerprint density at radius 1 is 1.12 bits per heavy atom. The van der Waals surface area contributed by atoms with Crippen LogP contribution >= 0.6 is 11.6 Å². The van der Waals surface area contributed by atoms with Crippen molar-refractivity contribution < 1.29 is 4.79 Å². The molecule has 5 heteroatoms. The SMILES string of the molecule is CN1CCN(C2CCCCN(C(=O)CCc3ccccc3Cl)C2)CC1. The van der Waals surface area contributed by atoms with Crippen LogP contribution in [0, 0.1) is 0 Å². The zero-order valence-corrected chi connectivity index (χ0v) is 16.0. The number of aryl methyl sites for hydroxylation is 1. The van der Waals surface area contributed by atoms with Crippen molar-refractivity contribution in [3.05, 3.63) is 34.9 Å². The van der Waals surface area contributed by atoms with Crippen LogP contribution in [0.3, 0.4) is 0 Å². The van der Waals surface area contributed by atoms with E-state index in [1.807, 2.05) is 24.3 Å². The van der Waals surface area contributed by atoms with Crippen LogP contribution in [0.5, 0.6) is 0 Å². The van der Waals surface area contributed by atoms with E-state index in [1.165, 1.54) is 12.8 Å². The van der Waals surface area contributed by atoms with E-state index in [9.17, 15) is 4.79 Å². The summed E-state index contributed by atoms with van der Waals surface area (Å²) in [4.78, 5) is 19.9. The number of halogens is 1. The molecule has 0 radical (unpaired) electrons. The molecular weight excluding hydrogens is 334 g/mol. The van der Waals surface area contributed by atoms with Gasteiger partial charge in [-0.2, -0.15) is 0 Å². The minimum Gasteiger partial charge on any atom is -0.341 e. The summed E-state index contributed by atoms with van der Waals surface area (Å²) in [7, 11) is 2.19. The molecule has 0 spiro atoms. The summed E-state index contributed by atoms with van der Waals surface area (Å²) in [6, 6.07) is 8.37. The smallest absolute Gasteiger partial charge is 0.222 e. The molecular formula is C20H30ClN3O. The van der Waals surface area contributed by atoms with Gasteiger partial charge in [-0.3, -0.25) is 9.69 Å². The Morgan fingerprint density at radius 2 is 1.88 bits per heavy atom. The van der Waals surface area contributed by atoms with Gasteiger partial charge in [0.05, 0.1) is 0 Å². The number of nitrogens with zero attached hydrogens (tertiary/aromatic N) is 3. The summed E-state index contributed by atoms with van der Waals surface area (Å²) in [5, 5.41) is 0.765. The van der Waals surface area contributed by atoms with Crippen molar-refractivity contribution in [2.45, 2.75) is 38.1 Å². The van der Waals surface area contributed by atoms with Gasteiger partial charge in [0, 0.05) is 56.8 Å². The maximum atomic E-state index is 12.8. The Labute approximate surface area is 156 Å². The number of carbonyl (C=O) groups excluding carboxylic acids is 1. The van der Waals surface area contributed by atoms with E-state index >= 15 is 0 Å². The van der Waals surface area contributed by atoms with Gasteiger partial charge in [-0.15, -0.1) is 0 Å². The van der Waals surface area contributed by atoms with E-state index in [4.69, 9.17) is 11.6 Å². The number of piperazine rings is 1. The molecule has 2 aliphatic heterocycles. The average molecular weight is 364 g/mol. The molecule has 0 aromatic heterocycles. The van der Waals surface area contributed by atoms with Crippen LogP contribution in [0.2, 0.25) is 5.02 Å². The van der Waals surface area contributed by atoms with Crippen molar-refractivity contribution in [2.24, 2.45) is 0 Å². The highest BCUT2D eigenvalue weighted by molar-refractivity contribution is 6.31. The van der Waals surface area contributed by atoms with Gasteiger partial charge in [0.1, 0.15) is 0 Å². The van der Waals surface area contributed by atoms with Crippen LogP contribution in [-0.4, -0.2) is 73.0 Å². The second-order valence-electron chi connectivity index (χ2n) is 7.42. The molecule has 0 bridgehead atoms. The van der Waals surface area contributed by atoms with Crippen LogP contribution in [0.15, 0.2) is 24.3 Å². The zero-order valence-electron chi connectivity index (χ0n) is 15.3. The van der Waals surface area contributed by atoms with Crippen molar-refractivity contribution in [1.82, 2.24) is 14.7 Å². The van der Waals surface area contributed by atoms with E-state index in [-0.39, 0.29) is 5.91 Å². The fourth-order valence-electron chi connectivity index (χ4n) is 3.93. The fourth-order valence-corrected chi connectivity index (χ4v) is 4.16. The third-order valence-electron chi connectivity index (χ3n) is 5.62. The molecule has 1 aromatic rings. The summed E-state index contributed by atoms with van der Waals surface area (Å²) in [6.45, 7) is 6.33. The maximum absolute atomic E-state index is 12.8. The van der Waals surface area contributed by atoms with Gasteiger partial charge >= 0.3 is 0 Å². The van der Waals surface area contributed by atoms with Gasteiger partial charge < -0.3 is 9.80 Å². The van der Waals surface area contributed by atoms with Crippen molar-refractivity contribution >= 4 is 17.5 Å². The topological polar surface area (TPSA) is 26.8 Å². The predicted molar refractivity (Wildman–Crippen MR) is 103 cm³/mol. The quantitative estimate of drug-likeness (QED) is 0.823. The number of hydrogen-bond acceptors (Lipinski definition) is 3. The molecule has 1 atom stereocenters. The van der Waals surface area contributed by atoms with Crippen LogP contribution in [0.1, 0.15) is 31.2 Å². The van der Waals surface area contributed by atoms with Crippen molar-refractivity contribution in [3.8, 4) is 0 Å². The normalized spacial score (nSPS) is 23.4. The van der Waals surface area contributed by atoms with Gasteiger partial charge in [-0.05, 0) is 37.9 Å². The lowest BCUT2D eigenvalue weighted by molar-refractivity contribution is -0.131. The first kappa shape index (κ1) is 18.7. The monoisotopic (exact) mass is 363 g/mol. The van der Waals surface area contributed by atoms with Crippen LogP contribution in [0.25, 0.3) is 0 Å². The molecule has 3 rings (SSSR count). The minimum absolute atomic E-state index is 0.279. The minimum atomic E-state index is 0.279. The first-order valence-electron chi connectivity index (χ1n) is 9.57. The highest BCUT2D eigenvalue weighted by Crippen LogP contribution is 2.20. The van der Waals surface area contributed by atoms with Gasteiger partial charge in [-0.1, -0.05) is 36.2 Å². The molecule has 1 amide bonds. The number of rotatable bonds is 4. The van der Waals surface area contributed by atoms with E-state index in [1.54, 1.807) is 0 Å². The van der Waals surface area contributed by atoms with E-state index in [0.29, 0.717) is 12.5 Å². The van der Waals surface area contributed by atoms with Crippen LogP contribution < -0.4 is 0 Å². The molecule has 1 unspecified atom stereocenters. The molecule has 25 heavy (non-hydrogen) atoms. The highest BCUT2D eigenvalue weighted by atomic mass is 35.5. The lowest BCUT2D eigenvalue weighted by Gasteiger charge is -2.39. The lowest BCUT2D eigenvalue weighted by atomic mass is 10.1. The van der Waals surface area contributed by atoms with Gasteiger partial charge in [-0.25, -0.2) is 0 Å². The number of benzene rings is 1. The number of carbonyl (C=O) groups is 1. The molecule has 1 aromatic carbocycles. The van der Waals surface area contributed by atoms with E-state index in [2.05, 4.69) is 21.7 Å². The molecule has 0 aliphatic carbocycles. The van der Waals surface area contributed by atoms with E-state index < -0.39 is 0 Å². The maximum Gasteiger partial charge on any atom is 0.222 e. The Balaban J connectivity index is 1.55. The second kappa shape index (κ2) is 9.02. The molecule has 0 N–H and O–H groups in total. The molecule has 4 nitrogen and oxygen atoms in total. The van der Waals surface area contributed by atoms with Crippen LogP contribution in [0.4, 0.5) is 0 Å². The molecule has 2 saturated heterocycles. The summed E-state index contributed by atoms with van der Waals surface area (Å²) in [5.41, 5.74) is 1.07. The number of likely N-dealkylation sites (N-methyl/N-ethyl adjacent to an activating group) is 1. The van der Waals surface area contributed by atoms with Crippen LogP contribution in [-0.2, 0) is 11.2 Å². The summed E-state index contributed by atoms with van der Waals surface area (Å²) in [6.07, 6.45) is 4.86. The summed E-state index contributed by atoms with van der Waals surface area (Å²) >= 11 is 6.22. The molecule has 2 fully saturated rings. The number of hydrogen-bond donors (Lipinski definition) is 0. The number of likely N-dealkylation sites (tertiary alicyclic amines) is 1. The Hall–Kier alpha value is -1.10.